The van der Waals surface area contributed by atoms with Gasteiger partial charge in [-0.1, -0.05) is 12.1 Å². The summed E-state index contributed by atoms with van der Waals surface area (Å²) in [6.45, 7) is 0.564. The molecule has 0 heterocycles. The second-order valence-electron chi connectivity index (χ2n) is 2.59. The minimum Gasteiger partial charge on any atom is -0.384 e. The van der Waals surface area contributed by atoms with E-state index in [1.165, 1.54) is 0 Å². The van der Waals surface area contributed by atoms with Crippen molar-refractivity contribution < 1.29 is 9.59 Å². The van der Waals surface area contributed by atoms with Crippen LogP contribution in [0.5, 0.6) is 0 Å². The van der Waals surface area contributed by atoms with E-state index in [4.69, 9.17) is 0 Å². The molecule has 0 radical (unpaired) electrons. The van der Waals surface area contributed by atoms with Gasteiger partial charge in [-0.25, -0.2) is 0 Å². The zero-order valence-electron chi connectivity index (χ0n) is 7.19. The van der Waals surface area contributed by atoms with Gasteiger partial charge in [-0.2, -0.15) is 0 Å². The number of rotatable bonds is 5. The van der Waals surface area contributed by atoms with Crippen LogP contribution >= 0.6 is 0 Å². The van der Waals surface area contributed by atoms with Crippen LogP contribution in [0, 0.1) is 0 Å². The molecular weight excluding hydrogens is 166 g/mol. The summed E-state index contributed by atoms with van der Waals surface area (Å²) in [7, 11) is 0. The molecule has 1 rings (SSSR count). The number of para-hydroxylation sites is 1. The summed E-state index contributed by atoms with van der Waals surface area (Å²) < 4.78 is 0. The standard InChI is InChI=1S/C10H11NO2/c12-7-3-6-11-10-5-2-1-4-9(10)8-13/h1-2,4-5,7-8,11H,3,6H2. The molecule has 0 aromatic heterocycles. The van der Waals surface area contributed by atoms with E-state index in [9.17, 15) is 9.59 Å². The molecule has 0 spiro atoms. The average molecular weight is 177 g/mol. The van der Waals surface area contributed by atoms with E-state index < -0.39 is 0 Å². The lowest BCUT2D eigenvalue weighted by Crippen LogP contribution is -2.03. The molecule has 0 fully saturated rings. The zero-order chi connectivity index (χ0) is 9.52. The lowest BCUT2D eigenvalue weighted by atomic mass is 10.2. The molecule has 3 nitrogen and oxygen atoms in total. The number of carbonyl (C=O) groups is 2. The van der Waals surface area contributed by atoms with Gasteiger partial charge in [0.05, 0.1) is 0 Å². The van der Waals surface area contributed by atoms with Gasteiger partial charge in [-0.3, -0.25) is 4.79 Å². The van der Waals surface area contributed by atoms with Crippen LogP contribution in [0.25, 0.3) is 0 Å². The Morgan fingerprint density at radius 2 is 2.00 bits per heavy atom. The Hall–Kier alpha value is -1.64. The van der Waals surface area contributed by atoms with E-state index in [2.05, 4.69) is 5.32 Å². The molecule has 1 N–H and O–H groups in total. The maximum atomic E-state index is 10.6. The van der Waals surface area contributed by atoms with Crippen molar-refractivity contribution in [1.82, 2.24) is 0 Å². The predicted molar refractivity (Wildman–Crippen MR) is 51.0 cm³/mol. The van der Waals surface area contributed by atoms with E-state index in [0.29, 0.717) is 18.5 Å². The number of anilines is 1. The summed E-state index contributed by atoms with van der Waals surface area (Å²) in [5.41, 5.74) is 1.40. The molecule has 1 aromatic rings. The van der Waals surface area contributed by atoms with Crippen LogP contribution in [-0.2, 0) is 4.79 Å². The SMILES string of the molecule is O=CCCNc1ccccc1C=O. The molecule has 0 atom stereocenters. The molecule has 68 valence electrons. The van der Waals surface area contributed by atoms with Crippen molar-refractivity contribution in [2.24, 2.45) is 0 Å². The quantitative estimate of drug-likeness (QED) is 0.547. The molecule has 0 aliphatic carbocycles. The average Bonchev–Trinajstić information content (AvgIpc) is 2.19. The molecule has 1 aromatic carbocycles. The summed E-state index contributed by atoms with van der Waals surface area (Å²) >= 11 is 0. The maximum absolute atomic E-state index is 10.6. The number of carbonyl (C=O) groups excluding carboxylic acids is 2. The smallest absolute Gasteiger partial charge is 0.152 e. The van der Waals surface area contributed by atoms with Crippen LogP contribution in [0.4, 0.5) is 5.69 Å². The number of hydrogen-bond acceptors (Lipinski definition) is 3. The lowest BCUT2D eigenvalue weighted by molar-refractivity contribution is -0.107. The highest BCUT2D eigenvalue weighted by Gasteiger charge is 1.97. The number of benzene rings is 1. The third kappa shape index (κ3) is 2.71. The molecular formula is C10H11NO2. The minimum atomic E-state index is 0.452. The summed E-state index contributed by atoms with van der Waals surface area (Å²) in [5.74, 6) is 0. The van der Waals surface area contributed by atoms with Gasteiger partial charge in [0.1, 0.15) is 6.29 Å². The van der Waals surface area contributed by atoms with Gasteiger partial charge in [0.15, 0.2) is 6.29 Å². The van der Waals surface area contributed by atoms with Crippen LogP contribution in [0.2, 0.25) is 0 Å². The third-order valence-electron chi connectivity index (χ3n) is 1.67. The van der Waals surface area contributed by atoms with Crippen LogP contribution in [0.1, 0.15) is 16.8 Å². The van der Waals surface area contributed by atoms with Crippen LogP contribution in [0.3, 0.4) is 0 Å². The van der Waals surface area contributed by atoms with Gasteiger partial charge in [0, 0.05) is 24.2 Å². The van der Waals surface area contributed by atoms with Crippen LogP contribution < -0.4 is 5.32 Å². The Balaban J connectivity index is 2.63. The fourth-order valence-electron chi connectivity index (χ4n) is 1.03. The van der Waals surface area contributed by atoms with E-state index in [1.807, 2.05) is 12.1 Å². The fourth-order valence-corrected chi connectivity index (χ4v) is 1.03. The van der Waals surface area contributed by atoms with Gasteiger partial charge in [0.25, 0.3) is 0 Å². The third-order valence-corrected chi connectivity index (χ3v) is 1.67. The first-order valence-electron chi connectivity index (χ1n) is 4.10. The highest BCUT2D eigenvalue weighted by Crippen LogP contribution is 2.11. The lowest BCUT2D eigenvalue weighted by Gasteiger charge is -2.05. The summed E-state index contributed by atoms with van der Waals surface area (Å²) in [6, 6.07) is 7.19. The Labute approximate surface area is 76.8 Å². The van der Waals surface area contributed by atoms with Gasteiger partial charge in [0.2, 0.25) is 0 Å². The van der Waals surface area contributed by atoms with Crippen molar-refractivity contribution in [2.75, 3.05) is 11.9 Å². The Kier molecular flexibility index (Phi) is 3.70. The van der Waals surface area contributed by atoms with Crippen molar-refractivity contribution in [3.63, 3.8) is 0 Å². The molecule has 3 heteroatoms. The van der Waals surface area contributed by atoms with Crippen LogP contribution in [0.15, 0.2) is 24.3 Å². The van der Waals surface area contributed by atoms with Crippen molar-refractivity contribution in [3.8, 4) is 0 Å². The number of nitrogens with one attached hydrogen (secondary N) is 1. The predicted octanol–water partition coefficient (Wildman–Crippen LogP) is 1.50. The minimum absolute atomic E-state index is 0.452. The van der Waals surface area contributed by atoms with Crippen molar-refractivity contribution >= 4 is 18.3 Å². The van der Waals surface area contributed by atoms with Crippen molar-refractivity contribution in [2.45, 2.75) is 6.42 Å². The molecule has 13 heavy (non-hydrogen) atoms. The Bertz CT molecular complexity index is 297. The molecule has 0 amide bonds. The number of hydrogen-bond donors (Lipinski definition) is 1. The summed E-state index contributed by atoms with van der Waals surface area (Å²) in [6.07, 6.45) is 2.09. The molecule has 0 aliphatic heterocycles. The van der Waals surface area contributed by atoms with Gasteiger partial charge in [-0.15, -0.1) is 0 Å². The number of aldehydes is 2. The first-order valence-corrected chi connectivity index (χ1v) is 4.10. The molecule has 0 unspecified atom stereocenters. The van der Waals surface area contributed by atoms with E-state index in [-0.39, 0.29) is 0 Å². The first-order chi connectivity index (χ1) is 6.38. The first kappa shape index (κ1) is 9.45. The molecule has 0 saturated carbocycles. The largest absolute Gasteiger partial charge is 0.384 e. The maximum Gasteiger partial charge on any atom is 0.152 e. The highest BCUT2D eigenvalue weighted by molar-refractivity contribution is 5.84. The topological polar surface area (TPSA) is 46.2 Å². The molecule has 0 bridgehead atoms. The monoisotopic (exact) mass is 177 g/mol. The second-order valence-corrected chi connectivity index (χ2v) is 2.59. The fraction of sp³-hybridized carbons (Fsp3) is 0.200. The molecule has 0 saturated heterocycles. The van der Waals surface area contributed by atoms with Gasteiger partial charge in [-0.05, 0) is 12.1 Å². The summed E-state index contributed by atoms with van der Waals surface area (Å²) in [4.78, 5) is 20.6. The van der Waals surface area contributed by atoms with Gasteiger partial charge < -0.3 is 10.1 Å². The Morgan fingerprint density at radius 1 is 1.23 bits per heavy atom. The van der Waals surface area contributed by atoms with Crippen LogP contribution in [-0.4, -0.2) is 19.1 Å². The Morgan fingerprint density at radius 3 is 2.69 bits per heavy atom. The normalized spacial score (nSPS) is 9.23. The van der Waals surface area contributed by atoms with E-state index >= 15 is 0 Å². The van der Waals surface area contributed by atoms with Crippen molar-refractivity contribution in [1.29, 1.82) is 0 Å². The van der Waals surface area contributed by atoms with Gasteiger partial charge >= 0.3 is 0 Å². The van der Waals surface area contributed by atoms with Crippen molar-refractivity contribution in [3.05, 3.63) is 29.8 Å². The van der Waals surface area contributed by atoms with E-state index in [1.54, 1.807) is 12.1 Å². The second kappa shape index (κ2) is 5.09. The van der Waals surface area contributed by atoms with E-state index in [0.717, 1.165) is 18.3 Å². The highest BCUT2D eigenvalue weighted by atomic mass is 16.1. The summed E-state index contributed by atoms with van der Waals surface area (Å²) in [5, 5.41) is 3.00. The zero-order valence-corrected chi connectivity index (χ0v) is 7.19. The molecule has 0 aliphatic rings.